The quantitative estimate of drug-likeness (QED) is 0.222. The second kappa shape index (κ2) is 14.0. The van der Waals surface area contributed by atoms with Gasteiger partial charge in [-0.3, -0.25) is 4.79 Å². The minimum Gasteiger partial charge on any atom is -0.492 e. The summed E-state index contributed by atoms with van der Waals surface area (Å²) in [5.41, 5.74) is 3.75. The van der Waals surface area contributed by atoms with Crippen LogP contribution in [0.5, 0.6) is 5.75 Å². The van der Waals surface area contributed by atoms with E-state index in [1.165, 1.54) is 0 Å². The number of likely N-dealkylation sites (tertiary alicyclic amines) is 1. The Labute approximate surface area is 258 Å². The molecule has 0 saturated carbocycles. The number of ether oxygens (including phenoxy) is 2. The van der Waals surface area contributed by atoms with Crippen molar-refractivity contribution in [2.24, 2.45) is 0 Å². The molecule has 1 atom stereocenters. The lowest BCUT2D eigenvalue weighted by Crippen LogP contribution is -2.45. The average Bonchev–Trinajstić information content (AvgIpc) is 3.30. The summed E-state index contributed by atoms with van der Waals surface area (Å²) in [6.45, 7) is 5.12. The molecule has 0 radical (unpaired) electrons. The van der Waals surface area contributed by atoms with Crippen LogP contribution in [-0.4, -0.2) is 54.8 Å². The van der Waals surface area contributed by atoms with Gasteiger partial charge in [0.15, 0.2) is 0 Å². The molecule has 2 heterocycles. The van der Waals surface area contributed by atoms with E-state index >= 15 is 0 Å². The zero-order chi connectivity index (χ0) is 31.1. The highest BCUT2D eigenvalue weighted by Crippen LogP contribution is 2.28. The molecular weight excluding hydrogens is 578 g/mol. The molecule has 0 bridgehead atoms. The van der Waals surface area contributed by atoms with Crippen LogP contribution >= 0.6 is 0 Å². The van der Waals surface area contributed by atoms with E-state index in [-0.39, 0.29) is 30.5 Å². The van der Waals surface area contributed by atoms with E-state index in [4.69, 9.17) is 9.47 Å². The first-order valence-corrected chi connectivity index (χ1v) is 16.7. The number of rotatable bonds is 11. The lowest BCUT2D eigenvalue weighted by Gasteiger charge is -2.34. The minimum atomic E-state index is -4.00. The highest BCUT2D eigenvalue weighted by molar-refractivity contribution is 7.90. The number of hydrogen-bond donors (Lipinski definition) is 1. The average molecular weight is 618 g/mol. The third-order valence-electron chi connectivity index (χ3n) is 8.05. The third kappa shape index (κ3) is 7.60. The Bertz CT molecular complexity index is 1700. The van der Waals surface area contributed by atoms with Gasteiger partial charge < -0.3 is 18.9 Å². The fraction of sp³-hybridized carbons (Fsp3) is 0.353. The Kier molecular flexibility index (Phi) is 9.89. The van der Waals surface area contributed by atoms with Crippen molar-refractivity contribution in [3.8, 4) is 5.75 Å². The van der Waals surface area contributed by atoms with Gasteiger partial charge in [0.05, 0.1) is 12.3 Å². The Morgan fingerprint density at radius 2 is 1.68 bits per heavy atom. The molecule has 1 aliphatic heterocycles. The number of hydrogen-bond acceptors (Lipinski definition) is 6. The molecule has 4 aromatic rings. The molecule has 1 saturated heterocycles. The maximum atomic E-state index is 13.6. The number of sulfonamides is 1. The van der Waals surface area contributed by atoms with Gasteiger partial charge in [0, 0.05) is 23.5 Å². The number of aromatic nitrogens is 1. The number of piperidine rings is 1. The Morgan fingerprint density at radius 1 is 0.955 bits per heavy atom. The number of para-hydroxylation sites is 1. The van der Waals surface area contributed by atoms with Crippen LogP contribution in [0, 0.1) is 13.8 Å². The van der Waals surface area contributed by atoms with Crippen LogP contribution in [0.4, 0.5) is 4.79 Å². The van der Waals surface area contributed by atoms with Crippen molar-refractivity contribution in [3.63, 3.8) is 0 Å². The van der Waals surface area contributed by atoms with Crippen molar-refractivity contribution in [3.05, 3.63) is 101 Å². The standard InChI is InChI=1S/C34H39N3O6S/c1-25-16-17-31-30(23-25)26(2)32(37(31)20-21-42-29-14-7-4-8-15-29)33(38)35-44(40,41)22-18-28-13-9-10-19-36(28)34(39)43-24-27-11-5-3-6-12-27/h3-8,11-12,14-17,23,28H,9-10,13,18-22,24H2,1-2H3,(H,35,38)/t28-/m1/s1. The number of nitrogens with one attached hydrogen (secondary N) is 1. The van der Waals surface area contributed by atoms with Gasteiger partial charge in [0.25, 0.3) is 5.91 Å². The Morgan fingerprint density at radius 3 is 2.43 bits per heavy atom. The largest absolute Gasteiger partial charge is 0.492 e. The maximum absolute atomic E-state index is 13.6. The Balaban J connectivity index is 1.26. The number of aryl methyl sites for hydroxylation is 2. The van der Waals surface area contributed by atoms with Gasteiger partial charge in [-0.1, -0.05) is 60.2 Å². The van der Waals surface area contributed by atoms with Crippen molar-refractivity contribution < 1.29 is 27.5 Å². The smallest absolute Gasteiger partial charge is 0.410 e. The van der Waals surface area contributed by atoms with Gasteiger partial charge in [-0.05, 0) is 74.9 Å². The summed E-state index contributed by atoms with van der Waals surface area (Å²) in [6.07, 6.45) is 2.15. The predicted molar refractivity (Wildman–Crippen MR) is 170 cm³/mol. The van der Waals surface area contributed by atoms with Crippen molar-refractivity contribution in [1.29, 1.82) is 0 Å². The summed E-state index contributed by atoms with van der Waals surface area (Å²) in [7, 11) is -4.00. The summed E-state index contributed by atoms with van der Waals surface area (Å²) in [5, 5.41) is 0.888. The van der Waals surface area contributed by atoms with E-state index in [1.54, 1.807) is 4.90 Å². The molecule has 44 heavy (non-hydrogen) atoms. The number of nitrogens with zero attached hydrogens (tertiary/aromatic N) is 2. The molecule has 1 N–H and O–H groups in total. The molecule has 1 aromatic heterocycles. The van der Waals surface area contributed by atoms with Crippen LogP contribution in [0.15, 0.2) is 78.9 Å². The van der Waals surface area contributed by atoms with Gasteiger partial charge >= 0.3 is 6.09 Å². The molecule has 1 aliphatic rings. The molecule has 0 unspecified atom stereocenters. The van der Waals surface area contributed by atoms with Crippen molar-refractivity contribution in [1.82, 2.24) is 14.2 Å². The van der Waals surface area contributed by atoms with Crippen molar-refractivity contribution >= 4 is 32.9 Å². The second-order valence-corrected chi connectivity index (χ2v) is 13.1. The number of amides is 2. The predicted octanol–water partition coefficient (Wildman–Crippen LogP) is 5.98. The van der Waals surface area contributed by atoms with Crippen molar-refractivity contribution in [2.75, 3.05) is 18.9 Å². The normalized spacial score (nSPS) is 15.2. The molecule has 0 spiro atoms. The van der Waals surface area contributed by atoms with Crippen LogP contribution in [-0.2, 0) is 27.9 Å². The third-order valence-corrected chi connectivity index (χ3v) is 9.32. The SMILES string of the molecule is Cc1ccc2c(c1)c(C)c(C(=O)NS(=O)(=O)CC[C@H]1CCCCN1C(=O)OCc1ccccc1)n2CCOc1ccccc1. The minimum absolute atomic E-state index is 0.153. The highest BCUT2D eigenvalue weighted by atomic mass is 32.2. The molecule has 9 nitrogen and oxygen atoms in total. The Hall–Kier alpha value is -4.31. The number of carbonyl (C=O) groups excluding carboxylic acids is 2. The molecule has 0 aliphatic carbocycles. The first kappa shape index (κ1) is 31.1. The maximum Gasteiger partial charge on any atom is 0.410 e. The lowest BCUT2D eigenvalue weighted by molar-refractivity contribution is 0.0672. The summed E-state index contributed by atoms with van der Waals surface area (Å²) >= 11 is 0. The monoisotopic (exact) mass is 617 g/mol. The van der Waals surface area contributed by atoms with Crippen LogP contribution in [0.3, 0.4) is 0 Å². The number of fused-ring (bicyclic) bond motifs is 1. The van der Waals surface area contributed by atoms with E-state index in [9.17, 15) is 18.0 Å². The van der Waals surface area contributed by atoms with Crippen LogP contribution in [0.2, 0.25) is 0 Å². The first-order valence-electron chi connectivity index (χ1n) is 15.0. The summed E-state index contributed by atoms with van der Waals surface area (Å²) in [4.78, 5) is 28.1. The topological polar surface area (TPSA) is 107 Å². The summed E-state index contributed by atoms with van der Waals surface area (Å²) in [6, 6.07) is 24.5. The van der Waals surface area contributed by atoms with Crippen LogP contribution < -0.4 is 9.46 Å². The molecule has 1 fully saturated rings. The van der Waals surface area contributed by atoms with E-state index in [0.29, 0.717) is 37.4 Å². The van der Waals surface area contributed by atoms with E-state index in [0.717, 1.165) is 34.9 Å². The van der Waals surface area contributed by atoms with E-state index < -0.39 is 22.0 Å². The molecule has 232 valence electrons. The number of benzene rings is 3. The summed E-state index contributed by atoms with van der Waals surface area (Å²) < 4.78 is 42.0. The first-order chi connectivity index (χ1) is 21.2. The lowest BCUT2D eigenvalue weighted by atomic mass is 10.0. The second-order valence-electron chi connectivity index (χ2n) is 11.2. The van der Waals surface area contributed by atoms with Crippen molar-refractivity contribution in [2.45, 2.75) is 58.7 Å². The van der Waals surface area contributed by atoms with Crippen LogP contribution in [0.25, 0.3) is 10.9 Å². The van der Waals surface area contributed by atoms with Gasteiger partial charge in [-0.2, -0.15) is 0 Å². The molecule has 2 amide bonds. The molecule has 3 aromatic carbocycles. The van der Waals surface area contributed by atoms with E-state index in [2.05, 4.69) is 4.72 Å². The zero-order valence-corrected chi connectivity index (χ0v) is 26.0. The van der Waals surface area contributed by atoms with Crippen LogP contribution in [0.1, 0.15) is 52.9 Å². The highest BCUT2D eigenvalue weighted by Gasteiger charge is 2.30. The van der Waals surface area contributed by atoms with Gasteiger partial charge in [0.2, 0.25) is 10.0 Å². The number of carbonyl (C=O) groups is 2. The molecule has 5 rings (SSSR count). The summed E-state index contributed by atoms with van der Waals surface area (Å²) in [5.74, 6) is -0.258. The molecular formula is C34H39N3O6S. The molecule has 10 heteroatoms. The van der Waals surface area contributed by atoms with Gasteiger partial charge in [-0.25, -0.2) is 17.9 Å². The fourth-order valence-electron chi connectivity index (χ4n) is 5.81. The zero-order valence-electron chi connectivity index (χ0n) is 25.2. The van der Waals surface area contributed by atoms with E-state index in [1.807, 2.05) is 97.3 Å². The van der Waals surface area contributed by atoms with Gasteiger partial charge in [0.1, 0.15) is 24.7 Å². The fourth-order valence-corrected chi connectivity index (χ4v) is 6.87. The van der Waals surface area contributed by atoms with Gasteiger partial charge in [-0.15, -0.1) is 0 Å².